The molecular weight excluding hydrogens is 234 g/mol. The number of rotatable bonds is 5. The zero-order valence-corrected chi connectivity index (χ0v) is 10.6. The van der Waals surface area contributed by atoms with Crippen LogP contribution in [0.4, 0.5) is 0 Å². The molecule has 2 aliphatic rings. The summed E-state index contributed by atoms with van der Waals surface area (Å²) in [7, 11) is 0. The molecule has 2 aliphatic carbocycles. The van der Waals surface area contributed by atoms with E-state index in [1.165, 1.54) is 26.2 Å². The van der Waals surface area contributed by atoms with Gasteiger partial charge in [0.2, 0.25) is 5.91 Å². The average Bonchev–Trinajstić information content (AvgIpc) is 2.86. The summed E-state index contributed by atoms with van der Waals surface area (Å²) < 4.78 is 0. The third-order valence-corrected chi connectivity index (χ3v) is 4.40. The van der Waals surface area contributed by atoms with E-state index in [0.29, 0.717) is 18.3 Å². The van der Waals surface area contributed by atoms with E-state index in [4.69, 9.17) is 5.11 Å². The van der Waals surface area contributed by atoms with E-state index >= 15 is 0 Å². The number of carboxylic acid groups (broad SMARTS) is 1. The fourth-order valence-electron chi connectivity index (χ4n) is 3.49. The van der Waals surface area contributed by atoms with Crippen LogP contribution in [-0.2, 0) is 9.59 Å². The molecule has 0 saturated heterocycles. The number of aliphatic carboxylic acids is 1. The average molecular weight is 255 g/mol. The summed E-state index contributed by atoms with van der Waals surface area (Å²) in [6.07, 6.45) is 4.15. The van der Waals surface area contributed by atoms with Crippen molar-refractivity contribution in [1.82, 2.24) is 5.32 Å². The Kier molecular flexibility index (Phi) is 3.90. The van der Waals surface area contributed by atoms with Crippen LogP contribution in [0.25, 0.3) is 0 Å². The van der Waals surface area contributed by atoms with Crippen molar-refractivity contribution in [2.75, 3.05) is 0 Å². The van der Waals surface area contributed by atoms with E-state index in [1.807, 2.05) is 0 Å². The summed E-state index contributed by atoms with van der Waals surface area (Å²) in [5, 5.41) is 20.6. The molecule has 18 heavy (non-hydrogen) atoms. The van der Waals surface area contributed by atoms with Crippen LogP contribution in [0.15, 0.2) is 0 Å². The van der Waals surface area contributed by atoms with Crippen LogP contribution in [0.1, 0.15) is 39.0 Å². The molecule has 5 heteroatoms. The Morgan fingerprint density at radius 3 is 2.50 bits per heavy atom. The molecule has 5 atom stereocenters. The lowest BCUT2D eigenvalue weighted by Gasteiger charge is -2.23. The van der Waals surface area contributed by atoms with Gasteiger partial charge in [-0.25, -0.2) is 4.79 Å². The monoisotopic (exact) mass is 255 g/mol. The van der Waals surface area contributed by atoms with Gasteiger partial charge in [-0.05, 0) is 43.9 Å². The number of hydrogen-bond donors (Lipinski definition) is 3. The summed E-state index contributed by atoms with van der Waals surface area (Å²) in [6.45, 7) is 1.37. The smallest absolute Gasteiger partial charge is 0.328 e. The van der Waals surface area contributed by atoms with Crippen LogP contribution >= 0.6 is 0 Å². The summed E-state index contributed by atoms with van der Waals surface area (Å²) >= 11 is 0. The van der Waals surface area contributed by atoms with E-state index in [1.54, 1.807) is 0 Å². The van der Waals surface area contributed by atoms with Gasteiger partial charge in [0.1, 0.15) is 0 Å². The maximum atomic E-state index is 11.8. The lowest BCUT2D eigenvalue weighted by molar-refractivity contribution is -0.145. The van der Waals surface area contributed by atoms with Crippen molar-refractivity contribution in [3.05, 3.63) is 0 Å². The van der Waals surface area contributed by atoms with Crippen molar-refractivity contribution < 1.29 is 19.8 Å². The first-order valence-electron chi connectivity index (χ1n) is 6.67. The minimum absolute atomic E-state index is 0.249. The zero-order chi connectivity index (χ0) is 13.3. The normalized spacial score (nSPS) is 33.1. The van der Waals surface area contributed by atoms with Crippen molar-refractivity contribution in [1.29, 1.82) is 0 Å². The van der Waals surface area contributed by atoms with Gasteiger partial charge >= 0.3 is 5.97 Å². The van der Waals surface area contributed by atoms with Crippen molar-refractivity contribution in [2.24, 2.45) is 17.8 Å². The number of carboxylic acids is 1. The minimum Gasteiger partial charge on any atom is -0.480 e. The topological polar surface area (TPSA) is 86.6 Å². The summed E-state index contributed by atoms with van der Waals surface area (Å²) in [6, 6.07) is -1.20. The molecule has 0 aromatic carbocycles. The molecule has 0 heterocycles. The molecular formula is C13H21NO4. The third-order valence-electron chi connectivity index (χ3n) is 4.40. The predicted octanol–water partition coefficient (Wildman–Crippen LogP) is 0.763. The number of carbonyl (C=O) groups excluding carboxylic acids is 1. The SMILES string of the molecule is C[C@@H](O)[C@H](NC(=O)CC1CC2CCC1C2)C(=O)O. The van der Waals surface area contributed by atoms with Gasteiger partial charge in [0.25, 0.3) is 0 Å². The Hall–Kier alpha value is -1.10. The van der Waals surface area contributed by atoms with Gasteiger partial charge in [0.15, 0.2) is 6.04 Å². The summed E-state index contributed by atoms with van der Waals surface area (Å²) in [5.74, 6) is 0.398. The number of fused-ring (bicyclic) bond motifs is 2. The van der Waals surface area contributed by atoms with Crippen LogP contribution in [-0.4, -0.2) is 34.2 Å². The molecule has 2 bridgehead atoms. The van der Waals surface area contributed by atoms with Gasteiger partial charge in [-0.2, -0.15) is 0 Å². The molecule has 0 spiro atoms. The second-order valence-corrected chi connectivity index (χ2v) is 5.76. The number of carbonyl (C=O) groups is 2. The Labute approximate surface area is 107 Å². The van der Waals surface area contributed by atoms with Crippen LogP contribution in [0, 0.1) is 17.8 Å². The molecule has 0 aromatic rings. The summed E-state index contributed by atoms with van der Waals surface area (Å²) in [4.78, 5) is 22.7. The molecule has 2 fully saturated rings. The minimum atomic E-state index is -1.20. The predicted molar refractivity (Wildman–Crippen MR) is 64.8 cm³/mol. The van der Waals surface area contributed by atoms with Gasteiger partial charge in [0, 0.05) is 6.42 Å². The number of amides is 1. The molecule has 3 unspecified atom stereocenters. The first kappa shape index (κ1) is 13.3. The Bertz CT molecular complexity index is 342. The van der Waals surface area contributed by atoms with Gasteiger partial charge < -0.3 is 15.5 Å². The zero-order valence-electron chi connectivity index (χ0n) is 10.6. The van der Waals surface area contributed by atoms with Crippen LogP contribution in [0.3, 0.4) is 0 Å². The van der Waals surface area contributed by atoms with Crippen molar-refractivity contribution in [3.63, 3.8) is 0 Å². The molecule has 3 N–H and O–H groups in total. The van der Waals surface area contributed by atoms with Crippen LogP contribution < -0.4 is 5.32 Å². The molecule has 1 amide bonds. The van der Waals surface area contributed by atoms with Crippen molar-refractivity contribution >= 4 is 11.9 Å². The first-order chi connectivity index (χ1) is 8.47. The number of nitrogens with one attached hydrogen (secondary N) is 1. The van der Waals surface area contributed by atoms with Crippen LogP contribution in [0.5, 0.6) is 0 Å². The first-order valence-corrected chi connectivity index (χ1v) is 6.67. The lowest BCUT2D eigenvalue weighted by Crippen LogP contribution is -2.48. The van der Waals surface area contributed by atoms with E-state index in [0.717, 1.165) is 12.3 Å². The maximum Gasteiger partial charge on any atom is 0.328 e. The fraction of sp³-hybridized carbons (Fsp3) is 0.846. The second kappa shape index (κ2) is 5.26. The highest BCUT2D eigenvalue weighted by Crippen LogP contribution is 2.49. The van der Waals surface area contributed by atoms with Crippen LogP contribution in [0.2, 0.25) is 0 Å². The van der Waals surface area contributed by atoms with Gasteiger partial charge in [-0.3, -0.25) is 4.79 Å². The van der Waals surface area contributed by atoms with Gasteiger partial charge in [-0.1, -0.05) is 6.42 Å². The van der Waals surface area contributed by atoms with Gasteiger partial charge in [-0.15, -0.1) is 0 Å². The van der Waals surface area contributed by atoms with Crippen molar-refractivity contribution in [2.45, 2.75) is 51.2 Å². The number of aliphatic hydroxyl groups is 1. The fourth-order valence-corrected chi connectivity index (χ4v) is 3.49. The van der Waals surface area contributed by atoms with Crippen molar-refractivity contribution in [3.8, 4) is 0 Å². The number of aliphatic hydroxyl groups excluding tert-OH is 1. The molecule has 2 rings (SSSR count). The van der Waals surface area contributed by atoms with E-state index in [-0.39, 0.29) is 5.91 Å². The molecule has 0 radical (unpaired) electrons. The Balaban J connectivity index is 1.83. The summed E-state index contributed by atoms with van der Waals surface area (Å²) in [5.41, 5.74) is 0. The highest BCUT2D eigenvalue weighted by Gasteiger charge is 2.40. The lowest BCUT2D eigenvalue weighted by atomic mass is 9.86. The molecule has 0 aromatic heterocycles. The highest BCUT2D eigenvalue weighted by molar-refractivity contribution is 5.84. The molecule has 2 saturated carbocycles. The van der Waals surface area contributed by atoms with E-state index in [9.17, 15) is 14.7 Å². The largest absolute Gasteiger partial charge is 0.480 e. The Morgan fingerprint density at radius 2 is 2.06 bits per heavy atom. The van der Waals surface area contributed by atoms with Gasteiger partial charge in [0.05, 0.1) is 6.10 Å². The maximum absolute atomic E-state index is 11.8. The highest BCUT2D eigenvalue weighted by atomic mass is 16.4. The quantitative estimate of drug-likeness (QED) is 0.677. The molecule has 102 valence electrons. The molecule has 0 aliphatic heterocycles. The second-order valence-electron chi connectivity index (χ2n) is 5.76. The van der Waals surface area contributed by atoms with E-state index < -0.39 is 18.1 Å². The Morgan fingerprint density at radius 1 is 1.33 bits per heavy atom. The standard InChI is InChI=1S/C13H21NO4/c1-7(15)12(13(17)18)14-11(16)6-10-5-8-2-3-9(10)4-8/h7-10,12,15H,2-6H2,1H3,(H,14,16)(H,17,18)/t7-,8?,9?,10?,12+/m1/s1. The number of hydrogen-bond acceptors (Lipinski definition) is 3. The third kappa shape index (κ3) is 2.83. The molecule has 5 nitrogen and oxygen atoms in total. The van der Waals surface area contributed by atoms with E-state index in [2.05, 4.69) is 5.32 Å².